The Hall–Kier alpha value is -3.66. The van der Waals surface area contributed by atoms with Crippen LogP contribution in [-0.2, 0) is 21.5 Å². The van der Waals surface area contributed by atoms with E-state index in [2.05, 4.69) is 43.1 Å². The van der Waals surface area contributed by atoms with Crippen molar-refractivity contribution in [3.8, 4) is 6.07 Å². The van der Waals surface area contributed by atoms with E-state index < -0.39 is 0 Å². The summed E-state index contributed by atoms with van der Waals surface area (Å²) in [5.74, 6) is 1.43. The number of hydrogen-bond acceptors (Lipinski definition) is 4. The van der Waals surface area contributed by atoms with Gasteiger partial charge in [-0.2, -0.15) is 5.26 Å². The number of fused-ring (bicyclic) bond motifs is 2. The van der Waals surface area contributed by atoms with Gasteiger partial charge in [0, 0.05) is 32.0 Å². The number of likely N-dealkylation sites (tertiary alicyclic amines) is 1. The van der Waals surface area contributed by atoms with E-state index in [0.717, 1.165) is 79.2 Å². The molecular formula is C31H35N5O2. The number of imidazole rings is 1. The van der Waals surface area contributed by atoms with Crippen LogP contribution < -0.4 is 0 Å². The lowest BCUT2D eigenvalue weighted by molar-refractivity contribution is -0.135. The summed E-state index contributed by atoms with van der Waals surface area (Å²) in [6.07, 6.45) is 6.83. The number of allylic oxidation sites excluding steroid dienone is 3. The molecule has 6 rings (SSSR count). The minimum atomic E-state index is -0.175. The number of nitriles is 1. The molecule has 1 aromatic heterocycles. The van der Waals surface area contributed by atoms with Gasteiger partial charge in [-0.05, 0) is 80.7 Å². The average molecular weight is 510 g/mol. The first-order chi connectivity index (χ1) is 18.3. The van der Waals surface area contributed by atoms with E-state index >= 15 is 0 Å². The highest BCUT2D eigenvalue weighted by Crippen LogP contribution is 2.52. The van der Waals surface area contributed by atoms with Crippen LogP contribution >= 0.6 is 0 Å². The lowest BCUT2D eigenvalue weighted by Gasteiger charge is -2.36. The Balaban J connectivity index is 1.17. The molecule has 196 valence electrons. The second kappa shape index (κ2) is 9.27. The summed E-state index contributed by atoms with van der Waals surface area (Å²) in [6, 6.07) is 10.1. The molecule has 3 heterocycles. The molecule has 2 fully saturated rings. The normalized spacial score (nSPS) is 22.7. The first-order valence-corrected chi connectivity index (χ1v) is 13.8. The molecule has 1 saturated heterocycles. The van der Waals surface area contributed by atoms with Crippen LogP contribution in [0.1, 0.15) is 87.1 Å². The predicted octanol–water partition coefficient (Wildman–Crippen LogP) is 4.82. The molecule has 7 heteroatoms. The number of piperidine rings is 1. The quantitative estimate of drug-likeness (QED) is 0.642. The third-order valence-electron chi connectivity index (χ3n) is 9.20. The Morgan fingerprint density at radius 2 is 1.82 bits per heavy atom. The molecule has 1 aromatic carbocycles. The van der Waals surface area contributed by atoms with Crippen molar-refractivity contribution in [2.75, 3.05) is 19.6 Å². The van der Waals surface area contributed by atoms with Gasteiger partial charge in [0.05, 0.1) is 35.5 Å². The molecule has 2 aliphatic heterocycles. The SMILES string of the molecule is CC(=O)N1Cc2[nH]c(C3=C(C)C=C(C)C(C(=O)N4CCC(c5ccc(C#N)cc5)CC4)C3)nc2C2(CC2)C1. The Morgan fingerprint density at radius 1 is 1.11 bits per heavy atom. The molecule has 1 saturated carbocycles. The summed E-state index contributed by atoms with van der Waals surface area (Å²) >= 11 is 0. The molecule has 7 nitrogen and oxygen atoms in total. The maximum absolute atomic E-state index is 13.8. The Labute approximate surface area is 224 Å². The molecule has 1 spiro atoms. The summed E-state index contributed by atoms with van der Waals surface area (Å²) in [4.78, 5) is 38.5. The zero-order valence-electron chi connectivity index (χ0n) is 22.5. The number of carbonyl (C=O) groups excluding carboxylic acids is 2. The van der Waals surface area contributed by atoms with Crippen molar-refractivity contribution in [2.45, 2.75) is 70.8 Å². The van der Waals surface area contributed by atoms with Crippen LogP contribution in [0, 0.1) is 17.2 Å². The first kappa shape index (κ1) is 24.7. The van der Waals surface area contributed by atoms with E-state index in [1.165, 1.54) is 5.56 Å². The van der Waals surface area contributed by atoms with Gasteiger partial charge in [-0.3, -0.25) is 9.59 Å². The van der Waals surface area contributed by atoms with Crippen LogP contribution in [-0.4, -0.2) is 51.2 Å². The van der Waals surface area contributed by atoms with Crippen LogP contribution in [0.5, 0.6) is 0 Å². The monoisotopic (exact) mass is 509 g/mol. The van der Waals surface area contributed by atoms with Crippen molar-refractivity contribution in [1.82, 2.24) is 19.8 Å². The number of hydrogen-bond donors (Lipinski definition) is 1. The zero-order chi connectivity index (χ0) is 26.6. The molecule has 4 aliphatic rings. The Morgan fingerprint density at radius 3 is 2.45 bits per heavy atom. The third-order valence-corrected chi connectivity index (χ3v) is 9.20. The summed E-state index contributed by atoms with van der Waals surface area (Å²) < 4.78 is 0. The Bertz CT molecular complexity index is 1390. The Kier molecular flexibility index (Phi) is 6.02. The highest BCUT2D eigenvalue weighted by atomic mass is 16.2. The maximum atomic E-state index is 13.8. The van der Waals surface area contributed by atoms with Crippen molar-refractivity contribution in [3.63, 3.8) is 0 Å². The molecule has 2 aromatic rings. The van der Waals surface area contributed by atoms with Gasteiger partial charge in [-0.25, -0.2) is 4.98 Å². The average Bonchev–Trinajstić information content (AvgIpc) is 3.55. The molecular weight excluding hydrogens is 474 g/mol. The van der Waals surface area contributed by atoms with Gasteiger partial charge in [0.2, 0.25) is 11.8 Å². The second-order valence-electron chi connectivity index (χ2n) is 11.7. The number of amides is 2. The fraction of sp³-hybridized carbons (Fsp3) is 0.484. The number of rotatable bonds is 3. The highest BCUT2D eigenvalue weighted by Gasteiger charge is 2.52. The van der Waals surface area contributed by atoms with Gasteiger partial charge in [0.1, 0.15) is 5.82 Å². The molecule has 0 bridgehead atoms. The molecule has 38 heavy (non-hydrogen) atoms. The molecule has 2 amide bonds. The number of nitrogens with zero attached hydrogens (tertiary/aromatic N) is 4. The van der Waals surface area contributed by atoms with Crippen LogP contribution in [0.4, 0.5) is 0 Å². The number of aromatic nitrogens is 2. The molecule has 1 N–H and O–H groups in total. The van der Waals surface area contributed by atoms with E-state index in [-0.39, 0.29) is 23.1 Å². The summed E-state index contributed by atoms with van der Waals surface area (Å²) in [7, 11) is 0. The minimum Gasteiger partial charge on any atom is -0.342 e. The van der Waals surface area contributed by atoms with Gasteiger partial charge < -0.3 is 14.8 Å². The molecule has 2 aliphatic carbocycles. The lowest BCUT2D eigenvalue weighted by Crippen LogP contribution is -2.42. The summed E-state index contributed by atoms with van der Waals surface area (Å²) in [5.41, 5.74) is 7.51. The topological polar surface area (TPSA) is 93.1 Å². The van der Waals surface area contributed by atoms with E-state index in [4.69, 9.17) is 10.2 Å². The van der Waals surface area contributed by atoms with Crippen LogP contribution in [0.15, 0.2) is 41.5 Å². The fourth-order valence-corrected chi connectivity index (χ4v) is 6.67. The van der Waals surface area contributed by atoms with Crippen molar-refractivity contribution in [1.29, 1.82) is 5.26 Å². The second-order valence-corrected chi connectivity index (χ2v) is 11.7. The minimum absolute atomic E-state index is 0.0113. The van der Waals surface area contributed by atoms with Gasteiger partial charge in [0.15, 0.2) is 0 Å². The van der Waals surface area contributed by atoms with E-state index in [1.807, 2.05) is 21.9 Å². The van der Waals surface area contributed by atoms with Crippen LogP contribution in [0.3, 0.4) is 0 Å². The molecule has 1 atom stereocenters. The van der Waals surface area contributed by atoms with Crippen LogP contribution in [0.25, 0.3) is 5.57 Å². The number of H-pyrrole nitrogens is 1. The zero-order valence-corrected chi connectivity index (χ0v) is 22.5. The van der Waals surface area contributed by atoms with Crippen molar-refractivity contribution in [3.05, 3.63) is 69.8 Å². The largest absolute Gasteiger partial charge is 0.342 e. The van der Waals surface area contributed by atoms with Crippen molar-refractivity contribution < 1.29 is 9.59 Å². The van der Waals surface area contributed by atoms with Gasteiger partial charge >= 0.3 is 0 Å². The first-order valence-electron chi connectivity index (χ1n) is 13.8. The van der Waals surface area contributed by atoms with E-state index in [9.17, 15) is 9.59 Å². The fourth-order valence-electron chi connectivity index (χ4n) is 6.67. The smallest absolute Gasteiger partial charge is 0.230 e. The molecule has 1 unspecified atom stereocenters. The lowest BCUT2D eigenvalue weighted by atomic mass is 9.82. The predicted molar refractivity (Wildman–Crippen MR) is 145 cm³/mol. The summed E-state index contributed by atoms with van der Waals surface area (Å²) in [6.45, 7) is 8.67. The number of aromatic amines is 1. The van der Waals surface area contributed by atoms with Gasteiger partial charge in [-0.1, -0.05) is 23.8 Å². The molecule has 0 radical (unpaired) electrons. The standard InChI is InChI=1S/C31H35N5O2/c1-19-14-20(2)26(30(38)35-12-8-24(9-13-35)23-6-4-22(16-32)5-7-23)15-25(19)29-33-27-17-36(21(3)37)18-31(10-11-31)28(27)34-29/h4-7,14,24,26H,8-13,15,17-18H2,1-3H3,(H,33,34). The summed E-state index contributed by atoms with van der Waals surface area (Å²) in [5, 5.41) is 9.06. The number of nitrogens with one attached hydrogen (secondary N) is 1. The van der Waals surface area contributed by atoms with Gasteiger partial charge in [-0.15, -0.1) is 0 Å². The van der Waals surface area contributed by atoms with E-state index in [1.54, 1.807) is 6.92 Å². The van der Waals surface area contributed by atoms with Crippen LogP contribution in [0.2, 0.25) is 0 Å². The number of benzene rings is 1. The number of carbonyl (C=O) groups is 2. The maximum Gasteiger partial charge on any atom is 0.230 e. The highest BCUT2D eigenvalue weighted by molar-refractivity contribution is 5.86. The van der Waals surface area contributed by atoms with Gasteiger partial charge in [0.25, 0.3) is 0 Å². The van der Waals surface area contributed by atoms with Crippen molar-refractivity contribution >= 4 is 17.4 Å². The van der Waals surface area contributed by atoms with E-state index in [0.29, 0.717) is 24.4 Å². The van der Waals surface area contributed by atoms with Crippen molar-refractivity contribution in [2.24, 2.45) is 5.92 Å². The third kappa shape index (κ3) is 4.26.